The Balaban J connectivity index is 1.94. The van der Waals surface area contributed by atoms with Gasteiger partial charge in [0.25, 0.3) is 5.91 Å². The highest BCUT2D eigenvalue weighted by Gasteiger charge is 2.21. The monoisotopic (exact) mass is 381 g/mol. The van der Waals surface area contributed by atoms with E-state index in [0.29, 0.717) is 11.1 Å². The number of phenols is 1. The third-order valence-electron chi connectivity index (χ3n) is 4.20. The SMILES string of the molecule is CC(=O)CN(Cc1cccc(C(C)=O)c1)C(=O)c1csc2cc(O)ccc12. The van der Waals surface area contributed by atoms with Crippen molar-refractivity contribution in [2.75, 3.05) is 6.54 Å². The average Bonchev–Trinajstić information content (AvgIpc) is 3.03. The average molecular weight is 381 g/mol. The van der Waals surface area contributed by atoms with Gasteiger partial charge in [-0.1, -0.05) is 18.2 Å². The van der Waals surface area contributed by atoms with E-state index in [-0.39, 0.29) is 36.3 Å². The van der Waals surface area contributed by atoms with Crippen molar-refractivity contribution in [3.8, 4) is 5.75 Å². The van der Waals surface area contributed by atoms with Gasteiger partial charge in [0.05, 0.1) is 12.1 Å². The first-order chi connectivity index (χ1) is 12.8. The van der Waals surface area contributed by atoms with Crippen LogP contribution in [0.2, 0.25) is 0 Å². The number of thiophene rings is 1. The summed E-state index contributed by atoms with van der Waals surface area (Å²) in [7, 11) is 0. The van der Waals surface area contributed by atoms with Gasteiger partial charge in [0.1, 0.15) is 11.5 Å². The zero-order chi connectivity index (χ0) is 19.6. The molecule has 1 amide bonds. The number of fused-ring (bicyclic) bond motifs is 1. The van der Waals surface area contributed by atoms with Crippen LogP contribution in [0.25, 0.3) is 10.1 Å². The summed E-state index contributed by atoms with van der Waals surface area (Å²) in [6.07, 6.45) is 0. The summed E-state index contributed by atoms with van der Waals surface area (Å²) in [4.78, 5) is 37.9. The highest BCUT2D eigenvalue weighted by molar-refractivity contribution is 7.17. The zero-order valence-corrected chi connectivity index (χ0v) is 15.9. The second-order valence-corrected chi connectivity index (χ2v) is 7.36. The van der Waals surface area contributed by atoms with E-state index in [1.165, 1.54) is 36.2 Å². The van der Waals surface area contributed by atoms with Crippen molar-refractivity contribution in [2.45, 2.75) is 20.4 Å². The van der Waals surface area contributed by atoms with Crippen molar-refractivity contribution in [1.82, 2.24) is 4.90 Å². The Morgan fingerprint density at radius 1 is 1.07 bits per heavy atom. The molecule has 3 aromatic rings. The highest BCUT2D eigenvalue weighted by atomic mass is 32.1. The summed E-state index contributed by atoms with van der Waals surface area (Å²) in [6, 6.07) is 11.9. The minimum atomic E-state index is -0.254. The number of aromatic hydroxyl groups is 1. The van der Waals surface area contributed by atoms with E-state index in [2.05, 4.69) is 0 Å². The minimum absolute atomic E-state index is 0.0153. The highest BCUT2D eigenvalue weighted by Crippen LogP contribution is 2.30. The van der Waals surface area contributed by atoms with Crippen molar-refractivity contribution in [2.24, 2.45) is 0 Å². The van der Waals surface area contributed by atoms with Crippen LogP contribution in [-0.4, -0.2) is 34.0 Å². The molecule has 1 aromatic heterocycles. The molecule has 0 atom stereocenters. The van der Waals surface area contributed by atoms with Crippen molar-refractivity contribution >= 4 is 38.9 Å². The van der Waals surface area contributed by atoms with Crippen LogP contribution in [0.5, 0.6) is 5.75 Å². The molecule has 138 valence electrons. The molecule has 0 aliphatic rings. The number of nitrogens with zero attached hydrogens (tertiary/aromatic N) is 1. The molecule has 5 nitrogen and oxygen atoms in total. The van der Waals surface area contributed by atoms with Crippen molar-refractivity contribution in [1.29, 1.82) is 0 Å². The smallest absolute Gasteiger partial charge is 0.256 e. The lowest BCUT2D eigenvalue weighted by Crippen LogP contribution is -2.34. The molecule has 0 radical (unpaired) electrons. The molecule has 3 rings (SSSR count). The van der Waals surface area contributed by atoms with Crippen LogP contribution in [0, 0.1) is 0 Å². The third-order valence-corrected chi connectivity index (χ3v) is 5.14. The molecule has 1 N–H and O–H groups in total. The quantitative estimate of drug-likeness (QED) is 0.654. The Morgan fingerprint density at radius 3 is 2.56 bits per heavy atom. The number of benzene rings is 2. The topological polar surface area (TPSA) is 74.7 Å². The normalized spacial score (nSPS) is 10.7. The van der Waals surface area contributed by atoms with E-state index < -0.39 is 0 Å². The summed E-state index contributed by atoms with van der Waals surface area (Å²) in [5.74, 6) is -0.284. The van der Waals surface area contributed by atoms with Crippen LogP contribution in [0.1, 0.15) is 40.1 Å². The standard InChI is InChI=1S/C21H19NO4S/c1-13(23)10-22(11-15-4-3-5-16(8-15)14(2)24)21(26)19-12-27-20-9-17(25)6-7-18(19)20/h3-9,12,25H,10-11H2,1-2H3. The minimum Gasteiger partial charge on any atom is -0.508 e. The van der Waals surface area contributed by atoms with Crippen LogP contribution in [-0.2, 0) is 11.3 Å². The maximum Gasteiger partial charge on any atom is 0.256 e. The van der Waals surface area contributed by atoms with Crippen LogP contribution in [0.3, 0.4) is 0 Å². The molecule has 0 aliphatic heterocycles. The lowest BCUT2D eigenvalue weighted by atomic mass is 10.1. The maximum atomic E-state index is 13.1. The molecule has 0 bridgehead atoms. The number of Topliss-reactive ketones (excluding diaryl/α,β-unsaturated/α-hetero) is 2. The van der Waals surface area contributed by atoms with Crippen LogP contribution < -0.4 is 0 Å². The molecule has 0 fully saturated rings. The molecule has 0 saturated heterocycles. The summed E-state index contributed by atoms with van der Waals surface area (Å²) in [5.41, 5.74) is 1.85. The number of carbonyl (C=O) groups excluding carboxylic acids is 3. The van der Waals surface area contributed by atoms with E-state index >= 15 is 0 Å². The molecular formula is C21H19NO4S. The number of amides is 1. The fraction of sp³-hybridized carbons (Fsp3) is 0.190. The first-order valence-electron chi connectivity index (χ1n) is 8.44. The van der Waals surface area contributed by atoms with Gasteiger partial charge in [0, 0.05) is 27.6 Å². The predicted octanol–water partition coefficient (Wildman–Crippen LogP) is 4.04. The molecule has 0 aliphatic carbocycles. The number of phenolic OH excluding ortho intramolecular Hbond substituents is 1. The number of hydrogen-bond donors (Lipinski definition) is 1. The summed E-state index contributed by atoms with van der Waals surface area (Å²) in [6.45, 7) is 3.15. The molecule has 27 heavy (non-hydrogen) atoms. The second kappa shape index (κ2) is 7.72. The fourth-order valence-corrected chi connectivity index (χ4v) is 3.90. The van der Waals surface area contributed by atoms with E-state index in [1.807, 2.05) is 6.07 Å². The number of rotatable bonds is 6. The summed E-state index contributed by atoms with van der Waals surface area (Å²) < 4.78 is 0.805. The maximum absolute atomic E-state index is 13.1. The van der Waals surface area contributed by atoms with Gasteiger partial charge in [-0.3, -0.25) is 14.4 Å². The van der Waals surface area contributed by atoms with Gasteiger partial charge in [-0.2, -0.15) is 0 Å². The van der Waals surface area contributed by atoms with E-state index in [9.17, 15) is 19.5 Å². The van der Waals surface area contributed by atoms with Gasteiger partial charge < -0.3 is 10.0 Å². The van der Waals surface area contributed by atoms with Gasteiger partial charge in [-0.05, 0) is 43.7 Å². The van der Waals surface area contributed by atoms with Gasteiger partial charge in [-0.15, -0.1) is 11.3 Å². The van der Waals surface area contributed by atoms with E-state index in [0.717, 1.165) is 15.6 Å². The number of hydrogen-bond acceptors (Lipinski definition) is 5. The van der Waals surface area contributed by atoms with Crippen molar-refractivity contribution in [3.05, 3.63) is 64.5 Å². The van der Waals surface area contributed by atoms with Gasteiger partial charge in [-0.25, -0.2) is 0 Å². The van der Waals surface area contributed by atoms with Gasteiger partial charge in [0.15, 0.2) is 5.78 Å². The van der Waals surface area contributed by atoms with Gasteiger partial charge >= 0.3 is 0 Å². The Hall–Kier alpha value is -2.99. The summed E-state index contributed by atoms with van der Waals surface area (Å²) >= 11 is 1.37. The third kappa shape index (κ3) is 4.23. The molecule has 1 heterocycles. The van der Waals surface area contributed by atoms with Crippen molar-refractivity contribution < 1.29 is 19.5 Å². The second-order valence-electron chi connectivity index (χ2n) is 6.45. The largest absolute Gasteiger partial charge is 0.508 e. The number of carbonyl (C=O) groups is 3. The Labute approximate surface area is 160 Å². The molecule has 0 saturated carbocycles. The lowest BCUT2D eigenvalue weighted by molar-refractivity contribution is -0.117. The van der Waals surface area contributed by atoms with Crippen LogP contribution in [0.15, 0.2) is 47.8 Å². The fourth-order valence-electron chi connectivity index (χ4n) is 2.93. The first-order valence-corrected chi connectivity index (χ1v) is 9.32. The Bertz CT molecular complexity index is 1040. The Morgan fingerprint density at radius 2 is 1.85 bits per heavy atom. The Kier molecular flexibility index (Phi) is 5.37. The molecule has 6 heteroatoms. The molecule has 0 unspecified atom stereocenters. The lowest BCUT2D eigenvalue weighted by Gasteiger charge is -2.21. The zero-order valence-electron chi connectivity index (χ0n) is 15.1. The molecule has 0 spiro atoms. The molecular weight excluding hydrogens is 362 g/mol. The van der Waals surface area contributed by atoms with Crippen LogP contribution >= 0.6 is 11.3 Å². The first kappa shape index (κ1) is 18.8. The predicted molar refractivity (Wildman–Crippen MR) is 105 cm³/mol. The van der Waals surface area contributed by atoms with E-state index in [1.54, 1.807) is 35.7 Å². The van der Waals surface area contributed by atoms with E-state index in [4.69, 9.17) is 0 Å². The van der Waals surface area contributed by atoms with Crippen LogP contribution in [0.4, 0.5) is 0 Å². The molecule has 2 aromatic carbocycles. The van der Waals surface area contributed by atoms with Crippen molar-refractivity contribution in [3.63, 3.8) is 0 Å². The van der Waals surface area contributed by atoms with Gasteiger partial charge in [0.2, 0.25) is 0 Å². The number of ketones is 2. The summed E-state index contributed by atoms with van der Waals surface area (Å²) in [5, 5.41) is 12.1.